The Labute approximate surface area is 148 Å². The highest BCUT2D eigenvalue weighted by Gasteiger charge is 2.29. The lowest BCUT2D eigenvalue weighted by Crippen LogP contribution is -2.51. The predicted molar refractivity (Wildman–Crippen MR) is 93.6 cm³/mol. The third-order valence-corrected chi connectivity index (χ3v) is 5.00. The Morgan fingerprint density at radius 1 is 1.33 bits per heavy atom. The van der Waals surface area contributed by atoms with Gasteiger partial charge in [-0.3, -0.25) is 9.69 Å². The monoisotopic (exact) mass is 352 g/mol. The van der Waals surface area contributed by atoms with Crippen LogP contribution < -0.4 is 4.74 Å². The van der Waals surface area contributed by atoms with Gasteiger partial charge in [-0.2, -0.15) is 0 Å². The van der Waals surface area contributed by atoms with Gasteiger partial charge < -0.3 is 14.4 Å². The lowest BCUT2D eigenvalue weighted by molar-refractivity contribution is -0.137. The molecule has 0 radical (unpaired) electrons. The minimum absolute atomic E-state index is 0.0766. The largest absolute Gasteiger partial charge is 0.492 e. The van der Waals surface area contributed by atoms with Crippen LogP contribution in [0.15, 0.2) is 18.2 Å². The molecule has 2 aliphatic rings. The fraction of sp³-hybridized carbons (Fsp3) is 0.611. The summed E-state index contributed by atoms with van der Waals surface area (Å²) in [6, 6.07) is 5.67. The van der Waals surface area contributed by atoms with Crippen LogP contribution in [0.2, 0.25) is 5.02 Å². The van der Waals surface area contributed by atoms with Crippen LogP contribution in [0.1, 0.15) is 12.0 Å². The highest BCUT2D eigenvalue weighted by atomic mass is 35.5. The van der Waals surface area contributed by atoms with Crippen LogP contribution in [0.25, 0.3) is 0 Å². The smallest absolute Gasteiger partial charge is 0.228 e. The minimum atomic E-state index is 0.0766. The maximum absolute atomic E-state index is 12.4. The molecular formula is C18H25ClN2O3. The van der Waals surface area contributed by atoms with Crippen molar-refractivity contribution in [2.24, 2.45) is 5.92 Å². The summed E-state index contributed by atoms with van der Waals surface area (Å²) in [5, 5.41) is 0.730. The Bertz CT molecular complexity index is 567. The molecule has 1 amide bonds. The van der Waals surface area contributed by atoms with Crippen LogP contribution in [0.3, 0.4) is 0 Å². The SMILES string of the molecule is Cc1cc(Cl)ccc1OCCN1CCN(C(=O)C2CCOC2)CC1. The van der Waals surface area contributed by atoms with Gasteiger partial charge in [0.15, 0.2) is 0 Å². The van der Waals surface area contributed by atoms with Crippen molar-refractivity contribution < 1.29 is 14.3 Å². The Balaban J connectivity index is 1.38. The summed E-state index contributed by atoms with van der Waals surface area (Å²) in [7, 11) is 0. The Kier molecular flexibility index (Phi) is 5.98. The summed E-state index contributed by atoms with van der Waals surface area (Å²) >= 11 is 5.96. The van der Waals surface area contributed by atoms with E-state index in [2.05, 4.69) is 4.90 Å². The van der Waals surface area contributed by atoms with Gasteiger partial charge in [0.25, 0.3) is 0 Å². The highest BCUT2D eigenvalue weighted by Crippen LogP contribution is 2.22. The van der Waals surface area contributed by atoms with Gasteiger partial charge in [0.1, 0.15) is 12.4 Å². The zero-order valence-electron chi connectivity index (χ0n) is 14.2. The Morgan fingerprint density at radius 3 is 2.79 bits per heavy atom. The van der Waals surface area contributed by atoms with Gasteiger partial charge in [-0.25, -0.2) is 0 Å². The van der Waals surface area contributed by atoms with Gasteiger partial charge in [0.2, 0.25) is 5.91 Å². The maximum Gasteiger partial charge on any atom is 0.228 e. The Morgan fingerprint density at radius 2 is 2.12 bits per heavy atom. The molecule has 0 saturated carbocycles. The topological polar surface area (TPSA) is 42.0 Å². The summed E-state index contributed by atoms with van der Waals surface area (Å²) in [6.07, 6.45) is 0.868. The molecule has 132 valence electrons. The Hall–Kier alpha value is -1.30. The number of hydrogen-bond acceptors (Lipinski definition) is 4. The first-order valence-electron chi connectivity index (χ1n) is 8.61. The molecule has 1 aromatic carbocycles. The number of benzene rings is 1. The zero-order valence-corrected chi connectivity index (χ0v) is 14.9. The van der Waals surface area contributed by atoms with E-state index in [4.69, 9.17) is 21.1 Å². The van der Waals surface area contributed by atoms with Crippen molar-refractivity contribution in [1.29, 1.82) is 0 Å². The molecule has 0 spiro atoms. The van der Waals surface area contributed by atoms with Crippen LogP contribution in [-0.2, 0) is 9.53 Å². The van der Waals surface area contributed by atoms with Crippen molar-refractivity contribution in [2.45, 2.75) is 13.3 Å². The summed E-state index contributed by atoms with van der Waals surface area (Å²) < 4.78 is 11.2. The first kappa shape index (κ1) is 17.5. The van der Waals surface area contributed by atoms with E-state index >= 15 is 0 Å². The summed E-state index contributed by atoms with van der Waals surface area (Å²) in [6.45, 7) is 8.24. The minimum Gasteiger partial charge on any atom is -0.492 e. The van der Waals surface area contributed by atoms with Crippen LogP contribution >= 0.6 is 11.6 Å². The number of piperazine rings is 1. The standard InChI is InChI=1S/C18H25ClN2O3/c1-14-12-16(19)2-3-17(14)24-11-9-20-5-7-21(8-6-20)18(22)15-4-10-23-13-15/h2-3,12,15H,4-11,13H2,1H3. The van der Waals surface area contributed by atoms with E-state index in [1.807, 2.05) is 30.0 Å². The number of hydrogen-bond donors (Lipinski definition) is 0. The van der Waals surface area contributed by atoms with Crippen molar-refractivity contribution in [1.82, 2.24) is 9.80 Å². The van der Waals surface area contributed by atoms with E-state index in [1.165, 1.54) is 0 Å². The van der Waals surface area contributed by atoms with E-state index in [0.717, 1.165) is 62.1 Å². The van der Waals surface area contributed by atoms with Gasteiger partial charge >= 0.3 is 0 Å². The van der Waals surface area contributed by atoms with Gasteiger partial charge in [-0.05, 0) is 37.1 Å². The van der Waals surface area contributed by atoms with Crippen LogP contribution in [0.4, 0.5) is 0 Å². The van der Waals surface area contributed by atoms with Gasteiger partial charge in [-0.1, -0.05) is 11.6 Å². The normalized spacial score (nSPS) is 21.9. The maximum atomic E-state index is 12.4. The third-order valence-electron chi connectivity index (χ3n) is 4.76. The summed E-state index contributed by atoms with van der Waals surface area (Å²) in [5.41, 5.74) is 1.05. The number of ether oxygens (including phenoxy) is 2. The van der Waals surface area contributed by atoms with Gasteiger partial charge in [0, 0.05) is 44.4 Å². The number of aryl methyl sites for hydroxylation is 1. The fourth-order valence-electron chi connectivity index (χ4n) is 3.24. The van der Waals surface area contributed by atoms with Crippen molar-refractivity contribution in [3.05, 3.63) is 28.8 Å². The first-order chi connectivity index (χ1) is 11.6. The molecule has 1 atom stereocenters. The molecule has 3 rings (SSSR count). The molecule has 2 fully saturated rings. The molecule has 0 bridgehead atoms. The average Bonchev–Trinajstić information content (AvgIpc) is 3.11. The fourth-order valence-corrected chi connectivity index (χ4v) is 3.47. The molecule has 2 aliphatic heterocycles. The van der Waals surface area contributed by atoms with E-state index in [-0.39, 0.29) is 11.8 Å². The molecule has 1 aromatic rings. The summed E-state index contributed by atoms with van der Waals surface area (Å²) in [5.74, 6) is 1.22. The van der Waals surface area contributed by atoms with Crippen molar-refractivity contribution >= 4 is 17.5 Å². The molecule has 1 unspecified atom stereocenters. The van der Waals surface area contributed by atoms with Crippen molar-refractivity contribution in [3.63, 3.8) is 0 Å². The number of amides is 1. The number of carbonyl (C=O) groups is 1. The van der Waals surface area contributed by atoms with Crippen molar-refractivity contribution in [3.8, 4) is 5.75 Å². The molecule has 24 heavy (non-hydrogen) atoms. The van der Waals surface area contributed by atoms with Gasteiger partial charge in [-0.15, -0.1) is 0 Å². The zero-order chi connectivity index (χ0) is 16.9. The molecular weight excluding hydrogens is 328 g/mol. The van der Waals surface area contributed by atoms with Gasteiger partial charge in [0.05, 0.1) is 12.5 Å². The lowest BCUT2D eigenvalue weighted by Gasteiger charge is -2.35. The molecule has 0 aliphatic carbocycles. The molecule has 6 heteroatoms. The predicted octanol–water partition coefficient (Wildman–Crippen LogP) is 2.21. The van der Waals surface area contributed by atoms with Crippen LogP contribution in [0, 0.1) is 12.8 Å². The number of halogens is 1. The average molecular weight is 353 g/mol. The second kappa shape index (κ2) is 8.19. The highest BCUT2D eigenvalue weighted by molar-refractivity contribution is 6.30. The molecule has 2 saturated heterocycles. The summed E-state index contributed by atoms with van der Waals surface area (Å²) in [4.78, 5) is 16.7. The first-order valence-corrected chi connectivity index (χ1v) is 8.99. The third kappa shape index (κ3) is 4.41. The van der Waals surface area contributed by atoms with Crippen LogP contribution in [-0.4, -0.2) is 68.3 Å². The number of nitrogens with zero attached hydrogens (tertiary/aromatic N) is 2. The second-order valence-corrected chi connectivity index (χ2v) is 6.92. The molecule has 0 N–H and O–H groups in total. The lowest BCUT2D eigenvalue weighted by atomic mass is 10.1. The molecule has 5 nitrogen and oxygen atoms in total. The van der Waals surface area contributed by atoms with E-state index in [0.29, 0.717) is 13.2 Å². The number of carbonyl (C=O) groups excluding carboxylic acids is 1. The molecule has 2 heterocycles. The van der Waals surface area contributed by atoms with E-state index in [1.54, 1.807) is 0 Å². The van der Waals surface area contributed by atoms with E-state index in [9.17, 15) is 4.79 Å². The quantitative estimate of drug-likeness (QED) is 0.814. The van der Waals surface area contributed by atoms with E-state index < -0.39 is 0 Å². The van der Waals surface area contributed by atoms with Crippen LogP contribution in [0.5, 0.6) is 5.75 Å². The number of rotatable bonds is 5. The van der Waals surface area contributed by atoms with Crippen molar-refractivity contribution in [2.75, 3.05) is 52.5 Å². The second-order valence-electron chi connectivity index (χ2n) is 6.49. The molecule has 0 aromatic heterocycles.